The van der Waals surface area contributed by atoms with E-state index in [2.05, 4.69) is 6.58 Å². The highest BCUT2D eigenvalue weighted by molar-refractivity contribution is 5.85. The van der Waals surface area contributed by atoms with Crippen molar-refractivity contribution in [1.82, 2.24) is 0 Å². The van der Waals surface area contributed by atoms with Gasteiger partial charge < -0.3 is 5.73 Å². The van der Waals surface area contributed by atoms with Crippen LogP contribution in [0.1, 0.15) is 11.6 Å². The Labute approximate surface area is 92.1 Å². The lowest BCUT2D eigenvalue weighted by molar-refractivity contribution is -0.385. The van der Waals surface area contributed by atoms with E-state index < -0.39 is 16.8 Å². The summed E-state index contributed by atoms with van der Waals surface area (Å²) in [5, 5.41) is 10.5. The van der Waals surface area contributed by atoms with Gasteiger partial charge in [0.1, 0.15) is 5.82 Å². The van der Waals surface area contributed by atoms with E-state index in [1.165, 1.54) is 6.08 Å². The molecule has 0 bridgehead atoms. The van der Waals surface area contributed by atoms with Gasteiger partial charge in [-0.3, -0.25) is 10.1 Å². The van der Waals surface area contributed by atoms with Gasteiger partial charge in [0.05, 0.1) is 16.5 Å². The van der Waals surface area contributed by atoms with Crippen molar-refractivity contribution in [3.8, 4) is 0 Å². The Kier molecular flexibility index (Phi) is 4.90. The second-order valence-corrected chi connectivity index (χ2v) is 2.72. The summed E-state index contributed by atoms with van der Waals surface area (Å²) in [6, 6.07) is 2.43. The van der Waals surface area contributed by atoms with Gasteiger partial charge in [-0.1, -0.05) is 6.08 Å². The molecule has 15 heavy (non-hydrogen) atoms. The fraction of sp³-hybridized carbons (Fsp3) is 0.111. The smallest absolute Gasteiger partial charge is 0.274 e. The molecule has 0 fully saturated rings. The molecule has 0 spiro atoms. The normalized spacial score (nSPS) is 11.3. The molecule has 1 atom stereocenters. The molecule has 0 saturated heterocycles. The molecule has 0 heterocycles. The summed E-state index contributed by atoms with van der Waals surface area (Å²) in [7, 11) is 0. The van der Waals surface area contributed by atoms with Crippen molar-refractivity contribution in [3.63, 3.8) is 0 Å². The van der Waals surface area contributed by atoms with Crippen molar-refractivity contribution in [3.05, 3.63) is 52.3 Å². The average molecular weight is 233 g/mol. The summed E-state index contributed by atoms with van der Waals surface area (Å²) in [6.45, 7) is 3.40. The van der Waals surface area contributed by atoms with Crippen LogP contribution >= 0.6 is 12.4 Å². The predicted molar refractivity (Wildman–Crippen MR) is 57.4 cm³/mol. The number of halogens is 2. The summed E-state index contributed by atoms with van der Waals surface area (Å²) < 4.78 is 12.8. The fourth-order valence-electron chi connectivity index (χ4n) is 1.09. The van der Waals surface area contributed by atoms with Gasteiger partial charge >= 0.3 is 0 Å². The van der Waals surface area contributed by atoms with E-state index in [0.717, 1.165) is 18.2 Å². The van der Waals surface area contributed by atoms with E-state index in [9.17, 15) is 14.5 Å². The van der Waals surface area contributed by atoms with Crippen molar-refractivity contribution in [2.24, 2.45) is 5.73 Å². The second-order valence-electron chi connectivity index (χ2n) is 2.72. The number of rotatable bonds is 3. The van der Waals surface area contributed by atoms with Crippen LogP contribution in [-0.2, 0) is 0 Å². The SMILES string of the molecule is C=C[C@H](N)c1cc(F)ccc1[N+](=O)[O-].Cl. The number of benzene rings is 1. The van der Waals surface area contributed by atoms with Crippen molar-refractivity contribution in [2.75, 3.05) is 0 Å². The third-order valence-corrected chi connectivity index (χ3v) is 1.80. The highest BCUT2D eigenvalue weighted by atomic mass is 35.5. The third-order valence-electron chi connectivity index (χ3n) is 1.80. The first-order chi connectivity index (χ1) is 6.56. The zero-order valence-corrected chi connectivity index (χ0v) is 8.54. The van der Waals surface area contributed by atoms with Crippen LogP contribution in [0.3, 0.4) is 0 Å². The van der Waals surface area contributed by atoms with E-state index >= 15 is 0 Å². The highest BCUT2D eigenvalue weighted by Crippen LogP contribution is 2.24. The maximum atomic E-state index is 12.8. The fourth-order valence-corrected chi connectivity index (χ4v) is 1.09. The first kappa shape index (κ1) is 13.5. The van der Waals surface area contributed by atoms with E-state index in [1.807, 2.05) is 0 Å². The highest BCUT2D eigenvalue weighted by Gasteiger charge is 2.17. The number of nitrogens with two attached hydrogens (primary N) is 1. The lowest BCUT2D eigenvalue weighted by atomic mass is 10.1. The van der Waals surface area contributed by atoms with E-state index in [0.29, 0.717) is 0 Å². The molecule has 1 aromatic rings. The molecule has 1 aromatic carbocycles. The van der Waals surface area contributed by atoms with Crippen LogP contribution in [0.4, 0.5) is 10.1 Å². The molecule has 1 rings (SSSR count). The first-order valence-corrected chi connectivity index (χ1v) is 3.88. The standard InChI is InChI=1S/C9H9FN2O2.ClH/c1-2-8(11)7-5-6(10)3-4-9(7)12(13)14;/h2-5,8H,1,11H2;1H/t8-;/m0./s1. The van der Waals surface area contributed by atoms with Crippen LogP contribution in [0.15, 0.2) is 30.9 Å². The van der Waals surface area contributed by atoms with Gasteiger partial charge in [-0.2, -0.15) is 0 Å². The Bertz CT molecular complexity index is 384. The molecule has 0 aliphatic heterocycles. The Hall–Kier alpha value is -1.46. The van der Waals surface area contributed by atoms with Gasteiger partial charge in [0, 0.05) is 6.07 Å². The van der Waals surface area contributed by atoms with Crippen LogP contribution < -0.4 is 5.73 Å². The number of nitro benzene ring substituents is 1. The summed E-state index contributed by atoms with van der Waals surface area (Å²) in [6.07, 6.45) is 1.32. The molecule has 0 aromatic heterocycles. The third kappa shape index (κ3) is 3.00. The van der Waals surface area contributed by atoms with E-state index in [4.69, 9.17) is 5.73 Å². The number of nitrogens with zero attached hydrogens (tertiary/aromatic N) is 1. The number of hydrogen-bond donors (Lipinski definition) is 1. The van der Waals surface area contributed by atoms with Gasteiger partial charge in [0.2, 0.25) is 0 Å². The first-order valence-electron chi connectivity index (χ1n) is 3.88. The number of nitro groups is 1. The minimum Gasteiger partial charge on any atom is -0.321 e. The molecule has 82 valence electrons. The molecule has 0 aliphatic rings. The van der Waals surface area contributed by atoms with Crippen molar-refractivity contribution < 1.29 is 9.31 Å². The molecular weight excluding hydrogens is 223 g/mol. The summed E-state index contributed by atoms with van der Waals surface area (Å²) in [5.74, 6) is -0.553. The lowest BCUT2D eigenvalue weighted by Gasteiger charge is -2.06. The number of hydrogen-bond acceptors (Lipinski definition) is 3. The van der Waals surface area contributed by atoms with Gasteiger partial charge in [-0.25, -0.2) is 4.39 Å². The summed E-state index contributed by atoms with van der Waals surface area (Å²) >= 11 is 0. The summed E-state index contributed by atoms with van der Waals surface area (Å²) in [4.78, 5) is 9.95. The molecule has 0 unspecified atom stereocenters. The van der Waals surface area contributed by atoms with Crippen LogP contribution in [0.2, 0.25) is 0 Å². The summed E-state index contributed by atoms with van der Waals surface area (Å²) in [5.41, 5.74) is 5.45. The topological polar surface area (TPSA) is 69.2 Å². The quantitative estimate of drug-likeness (QED) is 0.494. The predicted octanol–water partition coefficient (Wildman–Crippen LogP) is 2.34. The monoisotopic (exact) mass is 232 g/mol. The van der Waals surface area contributed by atoms with Crippen LogP contribution in [0.25, 0.3) is 0 Å². The Morgan fingerprint density at radius 2 is 2.20 bits per heavy atom. The van der Waals surface area contributed by atoms with Crippen LogP contribution in [0.5, 0.6) is 0 Å². The van der Waals surface area contributed by atoms with Crippen molar-refractivity contribution >= 4 is 18.1 Å². The van der Waals surface area contributed by atoms with Crippen LogP contribution in [-0.4, -0.2) is 4.92 Å². The molecule has 4 nitrogen and oxygen atoms in total. The van der Waals surface area contributed by atoms with E-state index in [1.54, 1.807) is 0 Å². The maximum Gasteiger partial charge on any atom is 0.274 e. The van der Waals surface area contributed by atoms with Gasteiger partial charge in [-0.15, -0.1) is 19.0 Å². The Morgan fingerprint density at radius 1 is 1.60 bits per heavy atom. The van der Waals surface area contributed by atoms with Gasteiger partial charge in [0.15, 0.2) is 0 Å². The minimum absolute atomic E-state index is 0. The Morgan fingerprint density at radius 3 is 2.67 bits per heavy atom. The lowest BCUT2D eigenvalue weighted by Crippen LogP contribution is -2.09. The molecule has 2 N–H and O–H groups in total. The zero-order valence-electron chi connectivity index (χ0n) is 7.72. The molecule has 6 heteroatoms. The van der Waals surface area contributed by atoms with E-state index in [-0.39, 0.29) is 23.7 Å². The molecule has 0 radical (unpaired) electrons. The average Bonchev–Trinajstić information content (AvgIpc) is 2.16. The second kappa shape index (κ2) is 5.43. The molecule has 0 saturated carbocycles. The maximum absolute atomic E-state index is 12.8. The molecule has 0 aliphatic carbocycles. The van der Waals surface area contributed by atoms with Crippen molar-refractivity contribution in [2.45, 2.75) is 6.04 Å². The van der Waals surface area contributed by atoms with Gasteiger partial charge in [0.25, 0.3) is 5.69 Å². The molecule has 0 amide bonds. The minimum atomic E-state index is -0.730. The Balaban J connectivity index is 0.00000196. The largest absolute Gasteiger partial charge is 0.321 e. The van der Waals surface area contributed by atoms with Gasteiger partial charge in [-0.05, 0) is 12.1 Å². The molecular formula is C9H10ClFN2O2. The van der Waals surface area contributed by atoms with Crippen molar-refractivity contribution in [1.29, 1.82) is 0 Å². The zero-order chi connectivity index (χ0) is 10.7. The van der Waals surface area contributed by atoms with Crippen LogP contribution in [0, 0.1) is 15.9 Å².